The van der Waals surface area contributed by atoms with E-state index in [1.165, 1.54) is 0 Å². The summed E-state index contributed by atoms with van der Waals surface area (Å²) in [5.74, 6) is 0. The highest BCUT2D eigenvalue weighted by Gasteiger charge is 2.04. The number of rotatable bonds is 1. The largest absolute Gasteiger partial charge is 0.387 e. The van der Waals surface area contributed by atoms with E-state index in [9.17, 15) is 5.11 Å². The number of aliphatic hydroxyl groups excluding tert-OH is 1. The van der Waals surface area contributed by atoms with Crippen molar-refractivity contribution >= 4 is 26.8 Å². The van der Waals surface area contributed by atoms with Crippen LogP contribution < -0.4 is 0 Å². The maximum Gasteiger partial charge on any atom is 0.0932 e. The topological polar surface area (TPSA) is 33.1 Å². The van der Waals surface area contributed by atoms with Gasteiger partial charge >= 0.3 is 0 Å². The van der Waals surface area contributed by atoms with E-state index in [1.54, 1.807) is 6.92 Å². The van der Waals surface area contributed by atoms with Gasteiger partial charge in [0.15, 0.2) is 0 Å². The predicted molar refractivity (Wildman–Crippen MR) is 60.1 cm³/mol. The van der Waals surface area contributed by atoms with Gasteiger partial charge in [0.25, 0.3) is 0 Å². The molecule has 1 aromatic carbocycles. The molecule has 0 radical (unpaired) electrons. The molecule has 2 nitrogen and oxygen atoms in total. The molecule has 1 heterocycles. The first kappa shape index (κ1) is 9.62. The van der Waals surface area contributed by atoms with Gasteiger partial charge in [0.2, 0.25) is 0 Å². The highest BCUT2D eigenvalue weighted by molar-refractivity contribution is 9.10. The first-order valence-electron chi connectivity index (χ1n) is 4.42. The minimum atomic E-state index is -0.515. The predicted octanol–water partition coefficient (Wildman–Crippen LogP) is 3.05. The van der Waals surface area contributed by atoms with Gasteiger partial charge in [-0.15, -0.1) is 0 Å². The Balaban J connectivity index is 2.67. The summed E-state index contributed by atoms with van der Waals surface area (Å²) in [6, 6.07) is 9.66. The van der Waals surface area contributed by atoms with Crippen molar-refractivity contribution in [2.45, 2.75) is 13.0 Å². The van der Waals surface area contributed by atoms with Crippen LogP contribution in [0.1, 0.15) is 18.7 Å². The summed E-state index contributed by atoms with van der Waals surface area (Å²) in [4.78, 5) is 4.36. The zero-order valence-electron chi connectivity index (χ0n) is 7.74. The molecule has 2 aromatic rings. The molecule has 1 atom stereocenters. The van der Waals surface area contributed by atoms with Crippen LogP contribution in [0.4, 0.5) is 0 Å². The minimum absolute atomic E-state index is 0.515. The Hall–Kier alpha value is -0.930. The monoisotopic (exact) mass is 251 g/mol. The Morgan fingerprint density at radius 2 is 2.07 bits per heavy atom. The van der Waals surface area contributed by atoms with Crippen LogP contribution in [-0.2, 0) is 0 Å². The van der Waals surface area contributed by atoms with E-state index in [0.717, 1.165) is 15.4 Å². The third kappa shape index (κ3) is 1.65. The molecule has 1 unspecified atom stereocenters. The smallest absolute Gasteiger partial charge is 0.0932 e. The average Bonchev–Trinajstić information content (AvgIpc) is 2.17. The lowest BCUT2D eigenvalue weighted by molar-refractivity contribution is 0.195. The summed E-state index contributed by atoms with van der Waals surface area (Å²) >= 11 is 3.46. The Morgan fingerprint density at radius 3 is 2.79 bits per heavy atom. The lowest BCUT2D eigenvalue weighted by atomic mass is 10.2. The normalized spacial score (nSPS) is 13.1. The van der Waals surface area contributed by atoms with Crippen molar-refractivity contribution in [3.8, 4) is 0 Å². The van der Waals surface area contributed by atoms with Gasteiger partial charge in [-0.2, -0.15) is 0 Å². The molecule has 0 saturated carbocycles. The minimum Gasteiger partial charge on any atom is -0.387 e. The summed E-state index contributed by atoms with van der Waals surface area (Å²) in [5, 5.41) is 10.4. The molecule has 0 spiro atoms. The summed E-state index contributed by atoms with van der Waals surface area (Å²) in [6.07, 6.45) is -0.515. The number of hydrogen-bond donors (Lipinski definition) is 1. The standard InChI is InChI=1S/C11H10BrNO/c1-7(14)10-6-5-8-9(12)3-2-4-11(8)13-10/h2-7,14H,1H3. The molecule has 1 N–H and O–H groups in total. The molecule has 0 aliphatic carbocycles. The van der Waals surface area contributed by atoms with Crippen LogP contribution in [0.25, 0.3) is 10.9 Å². The van der Waals surface area contributed by atoms with E-state index in [2.05, 4.69) is 20.9 Å². The van der Waals surface area contributed by atoms with E-state index < -0.39 is 6.10 Å². The summed E-state index contributed by atoms with van der Waals surface area (Å²) in [6.45, 7) is 1.71. The molecule has 1 aromatic heterocycles. The summed E-state index contributed by atoms with van der Waals surface area (Å²) in [5.41, 5.74) is 1.60. The first-order valence-corrected chi connectivity index (χ1v) is 5.21. The van der Waals surface area contributed by atoms with E-state index in [0.29, 0.717) is 5.69 Å². The Labute approximate surface area is 90.7 Å². The van der Waals surface area contributed by atoms with Crippen LogP contribution >= 0.6 is 15.9 Å². The van der Waals surface area contributed by atoms with Gasteiger partial charge in [0.1, 0.15) is 0 Å². The molecule has 0 bridgehead atoms. The SMILES string of the molecule is CC(O)c1ccc2c(Br)cccc2n1. The number of aliphatic hydroxyl groups is 1. The van der Waals surface area contributed by atoms with E-state index in [1.807, 2.05) is 30.3 Å². The first-order chi connectivity index (χ1) is 6.68. The van der Waals surface area contributed by atoms with Gasteiger partial charge in [-0.3, -0.25) is 4.98 Å². The quantitative estimate of drug-likeness (QED) is 0.846. The molecule has 3 heteroatoms. The number of fused-ring (bicyclic) bond motifs is 1. The zero-order chi connectivity index (χ0) is 10.1. The molecule has 0 amide bonds. The highest BCUT2D eigenvalue weighted by atomic mass is 79.9. The maximum atomic E-state index is 9.38. The Kier molecular flexibility index (Phi) is 2.52. The lowest BCUT2D eigenvalue weighted by Crippen LogP contribution is -1.95. The lowest BCUT2D eigenvalue weighted by Gasteiger charge is -2.05. The number of pyridine rings is 1. The molecule has 0 saturated heterocycles. The molecule has 72 valence electrons. The van der Waals surface area contributed by atoms with Gasteiger partial charge in [-0.1, -0.05) is 22.0 Å². The van der Waals surface area contributed by atoms with Crippen molar-refractivity contribution in [1.29, 1.82) is 0 Å². The van der Waals surface area contributed by atoms with Crippen molar-refractivity contribution in [2.24, 2.45) is 0 Å². The zero-order valence-corrected chi connectivity index (χ0v) is 9.32. The van der Waals surface area contributed by atoms with Crippen LogP contribution in [0.5, 0.6) is 0 Å². The van der Waals surface area contributed by atoms with Crippen molar-refractivity contribution in [1.82, 2.24) is 4.98 Å². The highest BCUT2D eigenvalue weighted by Crippen LogP contribution is 2.23. The number of halogens is 1. The van der Waals surface area contributed by atoms with Crippen molar-refractivity contribution in [3.05, 3.63) is 40.5 Å². The molecule has 14 heavy (non-hydrogen) atoms. The number of nitrogens with zero attached hydrogens (tertiary/aromatic N) is 1. The van der Waals surface area contributed by atoms with E-state index >= 15 is 0 Å². The second kappa shape index (κ2) is 3.67. The molecule has 2 rings (SSSR count). The summed E-state index contributed by atoms with van der Waals surface area (Å²) in [7, 11) is 0. The average molecular weight is 252 g/mol. The van der Waals surface area contributed by atoms with Crippen molar-refractivity contribution in [2.75, 3.05) is 0 Å². The maximum absolute atomic E-state index is 9.38. The second-order valence-electron chi connectivity index (χ2n) is 3.22. The molecular weight excluding hydrogens is 242 g/mol. The third-order valence-corrected chi connectivity index (χ3v) is 2.82. The Morgan fingerprint density at radius 1 is 1.29 bits per heavy atom. The third-order valence-electron chi connectivity index (χ3n) is 2.13. The number of benzene rings is 1. The fourth-order valence-electron chi connectivity index (χ4n) is 1.37. The number of aromatic nitrogens is 1. The van der Waals surface area contributed by atoms with Crippen LogP contribution in [0.3, 0.4) is 0 Å². The number of hydrogen-bond acceptors (Lipinski definition) is 2. The van der Waals surface area contributed by atoms with Crippen LogP contribution in [-0.4, -0.2) is 10.1 Å². The van der Waals surface area contributed by atoms with Crippen molar-refractivity contribution < 1.29 is 5.11 Å². The van der Waals surface area contributed by atoms with Crippen LogP contribution in [0.2, 0.25) is 0 Å². The second-order valence-corrected chi connectivity index (χ2v) is 4.07. The fraction of sp³-hybridized carbons (Fsp3) is 0.182. The molecule has 0 aliphatic heterocycles. The van der Waals surface area contributed by atoms with E-state index in [-0.39, 0.29) is 0 Å². The Bertz CT molecular complexity index is 468. The summed E-state index contributed by atoms with van der Waals surface area (Å²) < 4.78 is 1.03. The molecule has 0 fully saturated rings. The fourth-order valence-corrected chi connectivity index (χ4v) is 1.85. The van der Waals surface area contributed by atoms with Gasteiger partial charge < -0.3 is 5.11 Å². The van der Waals surface area contributed by atoms with Crippen LogP contribution in [0.15, 0.2) is 34.8 Å². The molecular formula is C11H10BrNO. The van der Waals surface area contributed by atoms with Gasteiger partial charge in [0, 0.05) is 9.86 Å². The van der Waals surface area contributed by atoms with Gasteiger partial charge in [-0.25, -0.2) is 0 Å². The van der Waals surface area contributed by atoms with Crippen LogP contribution in [0, 0.1) is 0 Å². The molecule has 0 aliphatic rings. The van der Waals surface area contributed by atoms with Gasteiger partial charge in [-0.05, 0) is 31.2 Å². The van der Waals surface area contributed by atoms with Gasteiger partial charge in [0.05, 0.1) is 17.3 Å². The van der Waals surface area contributed by atoms with E-state index in [4.69, 9.17) is 0 Å². The van der Waals surface area contributed by atoms with Crippen molar-refractivity contribution in [3.63, 3.8) is 0 Å².